The molecular formula is C19H14ClN5O3S. The van der Waals surface area contributed by atoms with Gasteiger partial charge in [-0.3, -0.25) is 4.79 Å². The van der Waals surface area contributed by atoms with E-state index in [4.69, 9.17) is 16.7 Å². The lowest BCUT2D eigenvalue weighted by molar-refractivity contribution is -0.112. The Morgan fingerprint density at radius 2 is 1.83 bits per heavy atom. The van der Waals surface area contributed by atoms with Crippen LogP contribution in [0.15, 0.2) is 71.4 Å². The van der Waals surface area contributed by atoms with E-state index in [2.05, 4.69) is 10.4 Å². The Bertz CT molecular complexity index is 1220. The van der Waals surface area contributed by atoms with Gasteiger partial charge < -0.3 is 5.32 Å². The molecule has 0 aliphatic heterocycles. The molecule has 0 spiro atoms. The van der Waals surface area contributed by atoms with E-state index in [1.807, 2.05) is 6.07 Å². The standard InChI is InChI=1S/C19H14ClN5O3S/c20-15-1-5-17(6-2-15)25-12-13(11-23-25)9-14(10-21)19(26)24-16-3-7-18(8-4-16)29(22,27)28/h1-9,11-12H,(H,24,26)(H2,22,27,28)/b14-9+. The Labute approximate surface area is 171 Å². The van der Waals surface area contributed by atoms with E-state index in [9.17, 15) is 18.5 Å². The van der Waals surface area contributed by atoms with Gasteiger partial charge in [0.05, 0.1) is 16.8 Å². The maximum absolute atomic E-state index is 12.4. The SMILES string of the molecule is N#C/C(=C\c1cnn(-c2ccc(Cl)cc2)c1)C(=O)Nc1ccc(S(N)(=O)=O)cc1. The van der Waals surface area contributed by atoms with E-state index in [1.54, 1.807) is 35.1 Å². The van der Waals surface area contributed by atoms with Gasteiger partial charge in [0.2, 0.25) is 10.0 Å². The Kier molecular flexibility index (Phi) is 5.79. The molecule has 0 unspecified atom stereocenters. The first-order chi connectivity index (χ1) is 13.8. The zero-order valence-corrected chi connectivity index (χ0v) is 16.4. The highest BCUT2D eigenvalue weighted by Gasteiger charge is 2.12. The van der Waals surface area contributed by atoms with E-state index in [-0.39, 0.29) is 10.5 Å². The fourth-order valence-corrected chi connectivity index (χ4v) is 3.03. The number of benzene rings is 2. The normalized spacial score (nSPS) is 11.7. The maximum Gasteiger partial charge on any atom is 0.266 e. The largest absolute Gasteiger partial charge is 0.321 e. The summed E-state index contributed by atoms with van der Waals surface area (Å²) in [6.45, 7) is 0. The lowest BCUT2D eigenvalue weighted by Crippen LogP contribution is -2.14. The summed E-state index contributed by atoms with van der Waals surface area (Å²) < 4.78 is 24.1. The summed E-state index contributed by atoms with van der Waals surface area (Å²) in [6.07, 6.45) is 4.57. The number of nitrogens with one attached hydrogen (secondary N) is 1. The molecule has 2 aromatic carbocycles. The molecule has 0 saturated carbocycles. The van der Waals surface area contributed by atoms with Crippen LogP contribution in [0.5, 0.6) is 0 Å². The first kappa shape index (κ1) is 20.3. The number of hydrogen-bond donors (Lipinski definition) is 2. The molecule has 0 aliphatic carbocycles. The van der Waals surface area contributed by atoms with Crippen molar-refractivity contribution in [2.75, 3.05) is 5.32 Å². The van der Waals surface area contributed by atoms with E-state index >= 15 is 0 Å². The molecule has 3 N–H and O–H groups in total. The fourth-order valence-electron chi connectivity index (χ4n) is 2.39. The van der Waals surface area contributed by atoms with Crippen LogP contribution in [0.2, 0.25) is 5.02 Å². The highest BCUT2D eigenvalue weighted by Crippen LogP contribution is 2.16. The summed E-state index contributed by atoms with van der Waals surface area (Å²) in [5, 5.41) is 21.7. The molecule has 1 aromatic heterocycles. The molecule has 0 atom stereocenters. The highest BCUT2D eigenvalue weighted by atomic mass is 35.5. The molecule has 10 heteroatoms. The van der Waals surface area contributed by atoms with Crippen LogP contribution in [0, 0.1) is 11.3 Å². The van der Waals surface area contributed by atoms with Crippen molar-refractivity contribution in [3.8, 4) is 11.8 Å². The second-order valence-corrected chi connectivity index (χ2v) is 7.89. The topological polar surface area (TPSA) is 131 Å². The highest BCUT2D eigenvalue weighted by molar-refractivity contribution is 7.89. The molecule has 3 rings (SSSR count). The zero-order chi connectivity index (χ0) is 21.0. The van der Waals surface area contributed by atoms with Crippen molar-refractivity contribution in [1.29, 1.82) is 5.26 Å². The van der Waals surface area contributed by atoms with Gasteiger partial charge in [0.25, 0.3) is 5.91 Å². The van der Waals surface area contributed by atoms with Crippen molar-refractivity contribution in [1.82, 2.24) is 9.78 Å². The van der Waals surface area contributed by atoms with Gasteiger partial charge in [0.15, 0.2) is 0 Å². The smallest absolute Gasteiger partial charge is 0.266 e. The van der Waals surface area contributed by atoms with Gasteiger partial charge in [0, 0.05) is 22.5 Å². The summed E-state index contributed by atoms with van der Waals surface area (Å²) in [6, 6.07) is 14.1. The minimum atomic E-state index is -3.83. The number of sulfonamides is 1. The van der Waals surface area contributed by atoms with Crippen molar-refractivity contribution >= 4 is 39.3 Å². The van der Waals surface area contributed by atoms with Crippen LogP contribution in [0.4, 0.5) is 5.69 Å². The van der Waals surface area contributed by atoms with Crippen LogP contribution in [-0.2, 0) is 14.8 Å². The third-order valence-corrected chi connectivity index (χ3v) is 4.99. The van der Waals surface area contributed by atoms with Crippen LogP contribution in [0.1, 0.15) is 5.56 Å². The van der Waals surface area contributed by atoms with Gasteiger partial charge in [-0.15, -0.1) is 0 Å². The van der Waals surface area contributed by atoms with Crippen molar-refractivity contribution in [2.45, 2.75) is 4.90 Å². The number of hydrogen-bond acceptors (Lipinski definition) is 5. The number of halogens is 1. The van der Waals surface area contributed by atoms with Gasteiger partial charge in [-0.05, 0) is 54.6 Å². The molecule has 0 bridgehead atoms. The van der Waals surface area contributed by atoms with Gasteiger partial charge >= 0.3 is 0 Å². The quantitative estimate of drug-likeness (QED) is 0.477. The lowest BCUT2D eigenvalue weighted by atomic mass is 10.2. The number of rotatable bonds is 5. The van der Waals surface area contributed by atoms with Gasteiger partial charge in [0.1, 0.15) is 11.6 Å². The number of carbonyl (C=O) groups is 1. The predicted octanol–water partition coefficient (Wildman–Crippen LogP) is 2.72. The van der Waals surface area contributed by atoms with Crippen molar-refractivity contribution in [3.63, 3.8) is 0 Å². The number of amides is 1. The van der Waals surface area contributed by atoms with Crippen LogP contribution in [0.25, 0.3) is 11.8 Å². The third kappa shape index (κ3) is 5.08. The van der Waals surface area contributed by atoms with Crippen LogP contribution in [-0.4, -0.2) is 24.1 Å². The third-order valence-electron chi connectivity index (χ3n) is 3.81. The molecule has 1 heterocycles. The summed E-state index contributed by atoms with van der Waals surface area (Å²) in [7, 11) is -3.83. The molecule has 0 aliphatic rings. The Morgan fingerprint density at radius 1 is 1.17 bits per heavy atom. The summed E-state index contributed by atoms with van der Waals surface area (Å²) in [5.74, 6) is -0.643. The maximum atomic E-state index is 12.4. The molecule has 0 radical (unpaired) electrons. The molecule has 8 nitrogen and oxygen atoms in total. The molecule has 146 valence electrons. The van der Waals surface area contributed by atoms with E-state index in [0.29, 0.717) is 16.3 Å². The number of nitrogens with zero attached hydrogens (tertiary/aromatic N) is 3. The minimum Gasteiger partial charge on any atom is -0.321 e. The van der Waals surface area contributed by atoms with Crippen molar-refractivity contribution in [2.24, 2.45) is 5.14 Å². The minimum absolute atomic E-state index is 0.0823. The first-order valence-electron chi connectivity index (χ1n) is 8.13. The number of anilines is 1. The number of carbonyl (C=O) groups excluding carboxylic acids is 1. The Hall–Kier alpha value is -3.45. The van der Waals surface area contributed by atoms with Gasteiger partial charge in [-0.2, -0.15) is 10.4 Å². The molecule has 0 fully saturated rings. The number of aromatic nitrogens is 2. The lowest BCUT2D eigenvalue weighted by Gasteiger charge is -2.05. The summed E-state index contributed by atoms with van der Waals surface area (Å²) in [5.41, 5.74) is 1.50. The summed E-state index contributed by atoms with van der Waals surface area (Å²) in [4.78, 5) is 12.3. The molecule has 0 saturated heterocycles. The van der Waals surface area contributed by atoms with Gasteiger partial charge in [-0.1, -0.05) is 11.6 Å². The van der Waals surface area contributed by atoms with Crippen molar-refractivity contribution < 1.29 is 13.2 Å². The average Bonchev–Trinajstić information content (AvgIpc) is 3.15. The molecular weight excluding hydrogens is 414 g/mol. The number of primary sulfonamides is 1. The van der Waals surface area contributed by atoms with E-state index < -0.39 is 15.9 Å². The molecule has 3 aromatic rings. The van der Waals surface area contributed by atoms with Gasteiger partial charge in [-0.25, -0.2) is 18.2 Å². The van der Waals surface area contributed by atoms with E-state index in [1.165, 1.54) is 36.5 Å². The fraction of sp³-hybridized carbons (Fsp3) is 0. The number of nitrogens with two attached hydrogens (primary N) is 1. The monoisotopic (exact) mass is 427 g/mol. The number of nitriles is 1. The second-order valence-electron chi connectivity index (χ2n) is 5.89. The second kappa shape index (κ2) is 8.28. The van der Waals surface area contributed by atoms with E-state index in [0.717, 1.165) is 5.69 Å². The predicted molar refractivity (Wildman–Crippen MR) is 109 cm³/mol. The van der Waals surface area contributed by atoms with Crippen LogP contribution in [0.3, 0.4) is 0 Å². The molecule has 1 amide bonds. The van der Waals surface area contributed by atoms with Crippen LogP contribution >= 0.6 is 11.6 Å². The Balaban J connectivity index is 1.77. The Morgan fingerprint density at radius 3 is 2.41 bits per heavy atom. The first-order valence-corrected chi connectivity index (χ1v) is 10.1. The average molecular weight is 428 g/mol. The summed E-state index contributed by atoms with van der Waals surface area (Å²) >= 11 is 5.87. The van der Waals surface area contributed by atoms with Crippen LogP contribution < -0.4 is 10.5 Å². The zero-order valence-electron chi connectivity index (χ0n) is 14.8. The molecule has 29 heavy (non-hydrogen) atoms. The van der Waals surface area contributed by atoms with Crippen molar-refractivity contribution in [3.05, 3.63) is 77.1 Å².